The SMILES string of the molecule is Cc1onc(-c2ccccc2Cl)c1C(=O)Nc1ccc(Nc2cc(N(C)C)cnn2)cc1. The summed E-state index contributed by atoms with van der Waals surface area (Å²) in [6.07, 6.45) is 1.69. The number of halogens is 1. The van der Waals surface area contributed by atoms with Gasteiger partial charge in [0.25, 0.3) is 5.91 Å². The second-order valence-electron chi connectivity index (χ2n) is 7.29. The maximum atomic E-state index is 13.0. The molecule has 32 heavy (non-hydrogen) atoms. The number of amides is 1. The van der Waals surface area contributed by atoms with Gasteiger partial charge in [-0.15, -0.1) is 5.10 Å². The first kappa shape index (κ1) is 21.3. The lowest BCUT2D eigenvalue weighted by molar-refractivity contribution is 0.102. The Morgan fingerprint density at radius 1 is 1.06 bits per heavy atom. The predicted octanol–water partition coefficient (Wildman–Crippen LogP) is 5.16. The topological polar surface area (TPSA) is 96.2 Å². The van der Waals surface area contributed by atoms with Gasteiger partial charge in [-0.05, 0) is 37.3 Å². The Morgan fingerprint density at radius 3 is 2.50 bits per heavy atom. The van der Waals surface area contributed by atoms with Crippen LogP contribution in [0.15, 0.2) is 65.3 Å². The molecule has 0 radical (unpaired) electrons. The van der Waals surface area contributed by atoms with Gasteiger partial charge in [0, 0.05) is 37.1 Å². The van der Waals surface area contributed by atoms with E-state index in [1.165, 1.54) is 0 Å². The first-order chi connectivity index (χ1) is 15.4. The number of carbonyl (C=O) groups is 1. The fourth-order valence-corrected chi connectivity index (χ4v) is 3.34. The first-order valence-electron chi connectivity index (χ1n) is 9.82. The predicted molar refractivity (Wildman–Crippen MR) is 126 cm³/mol. The van der Waals surface area contributed by atoms with Gasteiger partial charge in [0.2, 0.25) is 0 Å². The van der Waals surface area contributed by atoms with Crippen LogP contribution in [0.3, 0.4) is 0 Å². The van der Waals surface area contributed by atoms with Crippen molar-refractivity contribution in [2.75, 3.05) is 29.6 Å². The van der Waals surface area contributed by atoms with E-state index in [1.54, 1.807) is 37.4 Å². The fourth-order valence-electron chi connectivity index (χ4n) is 3.12. The van der Waals surface area contributed by atoms with Crippen molar-refractivity contribution in [2.45, 2.75) is 6.92 Å². The monoisotopic (exact) mass is 448 g/mol. The van der Waals surface area contributed by atoms with Gasteiger partial charge < -0.3 is 20.1 Å². The molecule has 9 heteroatoms. The lowest BCUT2D eigenvalue weighted by Crippen LogP contribution is -2.13. The highest BCUT2D eigenvalue weighted by molar-refractivity contribution is 6.33. The van der Waals surface area contributed by atoms with Crippen molar-refractivity contribution in [2.24, 2.45) is 0 Å². The fraction of sp³-hybridized carbons (Fsp3) is 0.130. The summed E-state index contributed by atoms with van der Waals surface area (Å²) < 4.78 is 5.28. The number of hydrogen-bond acceptors (Lipinski definition) is 7. The van der Waals surface area contributed by atoms with Crippen LogP contribution in [0.5, 0.6) is 0 Å². The van der Waals surface area contributed by atoms with E-state index in [9.17, 15) is 4.79 Å². The zero-order valence-electron chi connectivity index (χ0n) is 17.8. The van der Waals surface area contributed by atoms with Gasteiger partial charge in [0.05, 0.1) is 16.9 Å². The van der Waals surface area contributed by atoms with Crippen LogP contribution in [0.1, 0.15) is 16.1 Å². The van der Waals surface area contributed by atoms with Crippen LogP contribution >= 0.6 is 11.6 Å². The number of nitrogens with one attached hydrogen (secondary N) is 2. The Balaban J connectivity index is 1.50. The van der Waals surface area contributed by atoms with Crippen molar-refractivity contribution < 1.29 is 9.32 Å². The van der Waals surface area contributed by atoms with E-state index >= 15 is 0 Å². The number of carbonyl (C=O) groups excluding carboxylic acids is 1. The van der Waals surface area contributed by atoms with Crippen molar-refractivity contribution in [1.29, 1.82) is 0 Å². The number of aromatic nitrogens is 3. The van der Waals surface area contributed by atoms with E-state index in [2.05, 4.69) is 26.0 Å². The molecule has 0 unspecified atom stereocenters. The molecule has 0 bridgehead atoms. The molecule has 162 valence electrons. The maximum Gasteiger partial charge on any atom is 0.261 e. The summed E-state index contributed by atoms with van der Waals surface area (Å²) in [5.74, 6) is 0.705. The van der Waals surface area contributed by atoms with E-state index in [-0.39, 0.29) is 5.91 Å². The molecule has 4 aromatic rings. The summed E-state index contributed by atoms with van der Waals surface area (Å²) in [6.45, 7) is 1.69. The number of anilines is 4. The zero-order valence-corrected chi connectivity index (χ0v) is 18.5. The van der Waals surface area contributed by atoms with Gasteiger partial charge in [0.15, 0.2) is 5.82 Å². The van der Waals surface area contributed by atoms with E-state index < -0.39 is 0 Å². The molecule has 0 saturated carbocycles. The first-order valence-corrected chi connectivity index (χ1v) is 10.2. The average molecular weight is 449 g/mol. The number of aryl methyl sites for hydroxylation is 1. The standard InChI is InChI=1S/C23H21ClN6O2/c1-14-21(22(29-32-14)18-6-4-5-7-19(18)24)23(31)27-16-10-8-15(9-11-16)26-20-12-17(30(2)3)13-25-28-20/h4-13H,1-3H3,(H,26,28)(H,27,31). The Bertz CT molecular complexity index is 1250. The molecule has 0 spiro atoms. The van der Waals surface area contributed by atoms with E-state index in [0.717, 1.165) is 11.4 Å². The van der Waals surface area contributed by atoms with Gasteiger partial charge >= 0.3 is 0 Å². The number of nitrogens with zero attached hydrogens (tertiary/aromatic N) is 4. The van der Waals surface area contributed by atoms with Crippen molar-refractivity contribution in [3.8, 4) is 11.3 Å². The molecule has 2 N–H and O–H groups in total. The Labute approximate surface area is 190 Å². The third-order valence-corrected chi connectivity index (χ3v) is 5.12. The van der Waals surface area contributed by atoms with Crippen LogP contribution in [0, 0.1) is 6.92 Å². The van der Waals surface area contributed by atoms with Crippen LogP contribution in [0.4, 0.5) is 22.9 Å². The van der Waals surface area contributed by atoms with Crippen molar-refractivity contribution >= 4 is 40.4 Å². The second kappa shape index (κ2) is 9.07. The van der Waals surface area contributed by atoms with Crippen LogP contribution in [-0.2, 0) is 0 Å². The summed E-state index contributed by atoms with van der Waals surface area (Å²) >= 11 is 6.28. The molecule has 8 nitrogen and oxygen atoms in total. The maximum absolute atomic E-state index is 13.0. The molecule has 4 rings (SSSR count). The molecule has 0 aliphatic carbocycles. The van der Waals surface area contributed by atoms with E-state index in [4.69, 9.17) is 16.1 Å². The van der Waals surface area contributed by atoms with Gasteiger partial charge in [-0.3, -0.25) is 4.79 Å². The number of hydrogen-bond donors (Lipinski definition) is 2. The normalized spacial score (nSPS) is 10.6. The molecule has 0 fully saturated rings. The summed E-state index contributed by atoms with van der Waals surface area (Å²) in [4.78, 5) is 14.9. The highest BCUT2D eigenvalue weighted by Gasteiger charge is 2.23. The van der Waals surface area contributed by atoms with Crippen molar-refractivity contribution in [3.63, 3.8) is 0 Å². The summed E-state index contributed by atoms with van der Waals surface area (Å²) in [5, 5.41) is 18.7. The average Bonchev–Trinajstić information content (AvgIpc) is 3.17. The largest absolute Gasteiger partial charge is 0.376 e. The van der Waals surface area contributed by atoms with Crippen LogP contribution in [0.25, 0.3) is 11.3 Å². The lowest BCUT2D eigenvalue weighted by Gasteiger charge is -2.13. The molecule has 1 amide bonds. The molecule has 0 aliphatic rings. The Morgan fingerprint density at radius 2 is 1.78 bits per heavy atom. The third-order valence-electron chi connectivity index (χ3n) is 4.79. The molecule has 2 aromatic carbocycles. The zero-order chi connectivity index (χ0) is 22.7. The highest BCUT2D eigenvalue weighted by atomic mass is 35.5. The minimum Gasteiger partial charge on any atom is -0.376 e. The molecular formula is C23H21ClN6O2. The van der Waals surface area contributed by atoms with Crippen LogP contribution in [0.2, 0.25) is 5.02 Å². The highest BCUT2D eigenvalue weighted by Crippen LogP contribution is 2.31. The number of rotatable bonds is 6. The second-order valence-corrected chi connectivity index (χ2v) is 7.70. The Kier molecular flexibility index (Phi) is 6.04. The van der Waals surface area contributed by atoms with Gasteiger partial charge in [-0.25, -0.2) is 0 Å². The summed E-state index contributed by atoms with van der Waals surface area (Å²) in [6, 6.07) is 16.4. The molecule has 0 atom stereocenters. The van der Waals surface area contributed by atoms with Crippen LogP contribution in [-0.4, -0.2) is 35.4 Å². The summed E-state index contributed by atoms with van der Waals surface area (Å²) in [5.41, 5.74) is 3.76. The van der Waals surface area contributed by atoms with E-state index in [1.807, 2.05) is 49.3 Å². The Hall–Kier alpha value is -3.91. The number of benzene rings is 2. The molecule has 2 heterocycles. The summed E-state index contributed by atoms with van der Waals surface area (Å²) in [7, 11) is 3.87. The smallest absolute Gasteiger partial charge is 0.261 e. The molecule has 0 saturated heterocycles. The third kappa shape index (κ3) is 4.55. The van der Waals surface area contributed by atoms with Gasteiger partial charge in [-0.2, -0.15) is 5.10 Å². The molecule has 0 aliphatic heterocycles. The molecular weight excluding hydrogens is 428 g/mol. The quantitative estimate of drug-likeness (QED) is 0.420. The van der Waals surface area contributed by atoms with Crippen molar-refractivity contribution in [1.82, 2.24) is 15.4 Å². The minimum atomic E-state index is -0.330. The lowest BCUT2D eigenvalue weighted by atomic mass is 10.1. The van der Waals surface area contributed by atoms with Crippen molar-refractivity contribution in [3.05, 3.63) is 77.1 Å². The van der Waals surface area contributed by atoms with E-state index in [0.29, 0.717) is 39.1 Å². The van der Waals surface area contributed by atoms with Crippen LogP contribution < -0.4 is 15.5 Å². The van der Waals surface area contributed by atoms with Gasteiger partial charge in [0.1, 0.15) is 17.0 Å². The molecule has 2 aromatic heterocycles. The minimum absolute atomic E-state index is 0.330. The van der Waals surface area contributed by atoms with Gasteiger partial charge in [-0.1, -0.05) is 35.0 Å².